The summed E-state index contributed by atoms with van der Waals surface area (Å²) in [5.41, 5.74) is 2.22. The van der Waals surface area contributed by atoms with E-state index in [1.807, 2.05) is 60.7 Å². The average Bonchev–Trinajstić information content (AvgIpc) is 3.46. The molecule has 1 unspecified atom stereocenters. The summed E-state index contributed by atoms with van der Waals surface area (Å²) < 4.78 is 11.1. The third-order valence-corrected chi connectivity index (χ3v) is 5.18. The lowest BCUT2D eigenvalue weighted by molar-refractivity contribution is 0.122. The Hall–Kier alpha value is -3.19. The number of carbonyl (C=O) groups excluding carboxylic acids is 1. The molecule has 1 N–H and O–H groups in total. The van der Waals surface area contributed by atoms with Crippen molar-refractivity contribution in [3.63, 3.8) is 0 Å². The molecule has 0 spiro atoms. The number of aromatic nitrogens is 2. The number of benzene rings is 2. The molecule has 1 atom stereocenters. The van der Waals surface area contributed by atoms with Crippen LogP contribution in [0, 0.1) is 0 Å². The van der Waals surface area contributed by atoms with Crippen molar-refractivity contribution in [2.75, 3.05) is 19.7 Å². The van der Waals surface area contributed by atoms with E-state index in [0.717, 1.165) is 17.5 Å². The van der Waals surface area contributed by atoms with Gasteiger partial charge in [-0.2, -0.15) is 4.98 Å². The largest absolute Gasteiger partial charge is 0.376 e. The van der Waals surface area contributed by atoms with E-state index in [0.29, 0.717) is 51.0 Å². The van der Waals surface area contributed by atoms with Gasteiger partial charge in [0.25, 0.3) is 0 Å². The summed E-state index contributed by atoms with van der Waals surface area (Å²) >= 11 is 0. The first-order valence-electron chi connectivity index (χ1n) is 10.3. The van der Waals surface area contributed by atoms with Crippen molar-refractivity contribution in [1.29, 1.82) is 0 Å². The molecular weight excluding hydrogens is 380 g/mol. The van der Waals surface area contributed by atoms with Gasteiger partial charge in [0.15, 0.2) is 5.82 Å². The number of nitrogens with one attached hydrogen (secondary N) is 1. The van der Waals surface area contributed by atoms with Crippen molar-refractivity contribution in [1.82, 2.24) is 20.4 Å². The normalized spacial score (nSPS) is 16.0. The Kier molecular flexibility index (Phi) is 6.72. The summed E-state index contributed by atoms with van der Waals surface area (Å²) in [6, 6.07) is 19.9. The number of urea groups is 1. The third-order valence-electron chi connectivity index (χ3n) is 5.18. The second-order valence-corrected chi connectivity index (χ2v) is 7.41. The number of amides is 2. The van der Waals surface area contributed by atoms with E-state index in [1.54, 1.807) is 4.90 Å². The Morgan fingerprint density at radius 2 is 1.83 bits per heavy atom. The molecule has 3 aromatic rings. The van der Waals surface area contributed by atoms with Crippen molar-refractivity contribution in [3.05, 3.63) is 83.5 Å². The molecule has 156 valence electrons. The van der Waals surface area contributed by atoms with Gasteiger partial charge in [-0.25, -0.2) is 4.79 Å². The second kappa shape index (κ2) is 10.0. The molecule has 30 heavy (non-hydrogen) atoms. The van der Waals surface area contributed by atoms with Crippen LogP contribution >= 0.6 is 0 Å². The highest BCUT2D eigenvalue weighted by atomic mass is 16.5. The van der Waals surface area contributed by atoms with Gasteiger partial charge in [-0.15, -0.1) is 0 Å². The predicted molar refractivity (Wildman–Crippen MR) is 112 cm³/mol. The SMILES string of the molecule is O=C(NCc1ccccc1)N1CCC(c2nc(CCOCc3ccccc3)no2)C1. The Morgan fingerprint density at radius 3 is 2.60 bits per heavy atom. The Labute approximate surface area is 176 Å². The Bertz CT molecular complexity index is 930. The van der Waals surface area contributed by atoms with Gasteiger partial charge in [-0.1, -0.05) is 65.8 Å². The maximum absolute atomic E-state index is 12.4. The molecule has 1 aliphatic heterocycles. The van der Waals surface area contributed by atoms with Gasteiger partial charge in [-0.3, -0.25) is 0 Å². The zero-order valence-electron chi connectivity index (χ0n) is 16.9. The molecule has 2 amide bonds. The molecule has 0 radical (unpaired) electrons. The maximum Gasteiger partial charge on any atom is 0.317 e. The van der Waals surface area contributed by atoms with Gasteiger partial charge in [0, 0.05) is 26.1 Å². The standard InChI is InChI=1S/C23H26N4O3/c28-23(24-15-18-7-3-1-4-8-18)27-13-11-20(16-27)22-25-21(26-30-22)12-14-29-17-19-9-5-2-6-10-19/h1-10,20H,11-17H2,(H,24,28). The van der Waals surface area contributed by atoms with Crippen molar-refractivity contribution in [3.8, 4) is 0 Å². The van der Waals surface area contributed by atoms with Crippen molar-refractivity contribution in [2.45, 2.75) is 31.9 Å². The number of rotatable bonds is 8. The molecule has 0 aliphatic carbocycles. The molecule has 7 heteroatoms. The number of carbonyl (C=O) groups is 1. The molecule has 1 saturated heterocycles. The first-order chi connectivity index (χ1) is 14.8. The van der Waals surface area contributed by atoms with Crippen LogP contribution < -0.4 is 5.32 Å². The summed E-state index contributed by atoms with van der Waals surface area (Å²) in [6.07, 6.45) is 1.43. The van der Waals surface area contributed by atoms with Crippen LogP contribution in [0.3, 0.4) is 0 Å². The topological polar surface area (TPSA) is 80.5 Å². The van der Waals surface area contributed by atoms with E-state index in [1.165, 1.54) is 0 Å². The lowest BCUT2D eigenvalue weighted by Crippen LogP contribution is -2.37. The average molecular weight is 406 g/mol. The number of nitrogens with zero attached hydrogens (tertiary/aromatic N) is 3. The van der Waals surface area contributed by atoms with Crippen molar-refractivity contribution in [2.24, 2.45) is 0 Å². The van der Waals surface area contributed by atoms with Gasteiger partial charge in [0.2, 0.25) is 5.89 Å². The molecule has 1 aromatic heterocycles. The van der Waals surface area contributed by atoms with Crippen LogP contribution in [-0.4, -0.2) is 40.8 Å². The molecule has 0 saturated carbocycles. The van der Waals surface area contributed by atoms with E-state index in [2.05, 4.69) is 15.5 Å². The van der Waals surface area contributed by atoms with E-state index in [4.69, 9.17) is 9.26 Å². The lowest BCUT2D eigenvalue weighted by Gasteiger charge is -2.16. The fraction of sp³-hybridized carbons (Fsp3) is 0.348. The van der Waals surface area contributed by atoms with E-state index in [9.17, 15) is 4.79 Å². The van der Waals surface area contributed by atoms with Gasteiger partial charge < -0.3 is 19.5 Å². The Morgan fingerprint density at radius 1 is 1.10 bits per heavy atom. The van der Waals surface area contributed by atoms with Crippen LogP contribution in [0.5, 0.6) is 0 Å². The minimum Gasteiger partial charge on any atom is -0.376 e. The minimum atomic E-state index is -0.0598. The first-order valence-corrected chi connectivity index (χ1v) is 10.3. The van der Waals surface area contributed by atoms with Gasteiger partial charge in [0.1, 0.15) is 0 Å². The fourth-order valence-electron chi connectivity index (χ4n) is 3.49. The fourth-order valence-corrected chi connectivity index (χ4v) is 3.49. The van der Waals surface area contributed by atoms with Gasteiger partial charge in [-0.05, 0) is 17.5 Å². The minimum absolute atomic E-state index is 0.0598. The van der Waals surface area contributed by atoms with Crippen LogP contribution in [0.2, 0.25) is 0 Å². The number of likely N-dealkylation sites (tertiary alicyclic amines) is 1. The molecule has 0 bridgehead atoms. The summed E-state index contributed by atoms with van der Waals surface area (Å²) in [5, 5.41) is 7.04. The molecule has 1 aliphatic rings. The molecule has 2 aromatic carbocycles. The van der Waals surface area contributed by atoms with Crippen LogP contribution in [0.25, 0.3) is 0 Å². The molecule has 7 nitrogen and oxygen atoms in total. The summed E-state index contributed by atoms with van der Waals surface area (Å²) in [6.45, 7) is 2.90. The van der Waals surface area contributed by atoms with E-state index >= 15 is 0 Å². The highest BCUT2D eigenvalue weighted by molar-refractivity contribution is 5.74. The summed E-state index contributed by atoms with van der Waals surface area (Å²) in [4.78, 5) is 18.7. The highest BCUT2D eigenvalue weighted by Crippen LogP contribution is 2.26. The van der Waals surface area contributed by atoms with Crippen molar-refractivity contribution >= 4 is 6.03 Å². The van der Waals surface area contributed by atoms with Gasteiger partial charge in [0.05, 0.1) is 19.1 Å². The summed E-state index contributed by atoms with van der Waals surface area (Å²) in [7, 11) is 0. The monoisotopic (exact) mass is 406 g/mol. The number of ether oxygens (including phenoxy) is 1. The molecule has 1 fully saturated rings. The van der Waals surface area contributed by atoms with Gasteiger partial charge >= 0.3 is 6.03 Å². The maximum atomic E-state index is 12.4. The van der Waals surface area contributed by atoms with E-state index in [-0.39, 0.29) is 11.9 Å². The van der Waals surface area contributed by atoms with Crippen LogP contribution in [0.15, 0.2) is 65.2 Å². The lowest BCUT2D eigenvalue weighted by atomic mass is 10.1. The van der Waals surface area contributed by atoms with Crippen LogP contribution in [-0.2, 0) is 24.3 Å². The quantitative estimate of drug-likeness (QED) is 0.579. The second-order valence-electron chi connectivity index (χ2n) is 7.41. The van der Waals surface area contributed by atoms with Crippen LogP contribution in [0.4, 0.5) is 4.79 Å². The Balaban J connectivity index is 1.20. The van der Waals surface area contributed by atoms with Crippen molar-refractivity contribution < 1.29 is 14.1 Å². The smallest absolute Gasteiger partial charge is 0.317 e. The highest BCUT2D eigenvalue weighted by Gasteiger charge is 2.31. The molecule has 2 heterocycles. The molecular formula is C23H26N4O3. The summed E-state index contributed by atoms with van der Waals surface area (Å²) in [5.74, 6) is 1.33. The predicted octanol–water partition coefficient (Wildman–Crippen LogP) is 3.53. The van der Waals surface area contributed by atoms with Crippen LogP contribution in [0.1, 0.15) is 35.2 Å². The number of hydrogen-bond donors (Lipinski definition) is 1. The molecule has 4 rings (SSSR count). The first kappa shape index (κ1) is 20.1. The van der Waals surface area contributed by atoms with E-state index < -0.39 is 0 Å². The third kappa shape index (κ3) is 5.45. The zero-order chi connectivity index (χ0) is 20.6. The number of hydrogen-bond acceptors (Lipinski definition) is 5. The zero-order valence-corrected chi connectivity index (χ0v) is 16.9.